The third kappa shape index (κ3) is 2.63. The molecule has 2 aliphatic rings. The normalized spacial score (nSPS) is 28.9. The minimum atomic E-state index is -0.693. The van der Waals surface area contributed by atoms with Crippen LogP contribution in [0.25, 0.3) is 0 Å². The van der Waals surface area contributed by atoms with Gasteiger partial charge in [-0.2, -0.15) is 0 Å². The van der Waals surface area contributed by atoms with Crippen LogP contribution in [-0.2, 0) is 9.88 Å². The van der Waals surface area contributed by atoms with E-state index < -0.39 is 42.1 Å². The van der Waals surface area contributed by atoms with E-state index in [2.05, 4.69) is 9.88 Å². The first-order chi connectivity index (χ1) is 11.0. The number of hydrogen-bond acceptors (Lipinski definition) is 6. The van der Waals surface area contributed by atoms with Crippen molar-refractivity contribution in [1.82, 2.24) is 0 Å². The first kappa shape index (κ1) is 15.3. The molecular weight excluding hydrogens is 423 g/mol. The van der Waals surface area contributed by atoms with Crippen molar-refractivity contribution in [3.05, 3.63) is 64.4 Å². The van der Waals surface area contributed by atoms with Crippen LogP contribution < -0.4 is 42.1 Å². The molecule has 0 radical (unpaired) electrons. The quantitative estimate of drug-likeness (QED) is 0.276. The zero-order valence-corrected chi connectivity index (χ0v) is 13.4. The Bertz CT molecular complexity index is 714. The van der Waals surface area contributed by atoms with Crippen molar-refractivity contribution < 1.29 is 52.0 Å². The standard InChI is InChI=1S/C12H10IN4O6/c18-14-9-3-1-7(5-11(9)16(20)22-14)13-8-2-4-10-12(6-8)17(21)23-15(10)19/h1-6,14-17H/q-1. The number of fused-ring (bicyclic) bond motifs is 2. The van der Waals surface area contributed by atoms with Crippen LogP contribution in [0.1, 0.15) is 0 Å². The molecule has 2 aliphatic heterocycles. The topological polar surface area (TPSA) is 128 Å². The molecule has 2 aromatic rings. The van der Waals surface area contributed by atoms with Gasteiger partial charge in [0.25, 0.3) is 0 Å². The van der Waals surface area contributed by atoms with Crippen LogP contribution in [0.15, 0.2) is 36.4 Å². The van der Waals surface area contributed by atoms with Crippen LogP contribution in [0.4, 0.5) is 22.7 Å². The second kappa shape index (κ2) is 5.69. The van der Waals surface area contributed by atoms with Gasteiger partial charge >= 0.3 is 139 Å². The van der Waals surface area contributed by atoms with E-state index in [4.69, 9.17) is 0 Å². The predicted octanol–water partition coefficient (Wildman–Crippen LogP) is -6.41. The molecule has 0 spiro atoms. The summed E-state index contributed by atoms with van der Waals surface area (Å²) in [4.78, 5) is 9.12. The third-order valence-electron chi connectivity index (χ3n) is 3.43. The fourth-order valence-corrected chi connectivity index (χ4v) is 4.73. The first-order valence-corrected chi connectivity index (χ1v) is 8.64. The van der Waals surface area contributed by atoms with Gasteiger partial charge in [0, 0.05) is 0 Å². The van der Waals surface area contributed by atoms with Gasteiger partial charge in [0.1, 0.15) is 0 Å². The van der Waals surface area contributed by atoms with Crippen LogP contribution in [0.3, 0.4) is 0 Å². The molecular formula is C12H10IN4O6-. The molecule has 11 heteroatoms. The Labute approximate surface area is 139 Å². The Balaban J connectivity index is 1.62. The van der Waals surface area contributed by atoms with Gasteiger partial charge in [-0.05, 0) is 0 Å². The molecule has 23 heavy (non-hydrogen) atoms. The second-order valence-corrected chi connectivity index (χ2v) is 7.86. The predicted molar refractivity (Wildman–Crippen MR) is 68.4 cm³/mol. The molecule has 0 aromatic heterocycles. The van der Waals surface area contributed by atoms with E-state index in [1.165, 1.54) is 0 Å². The summed E-state index contributed by atoms with van der Waals surface area (Å²) in [6, 6.07) is 9.97. The maximum absolute atomic E-state index is 11.6. The van der Waals surface area contributed by atoms with E-state index in [9.17, 15) is 20.8 Å². The van der Waals surface area contributed by atoms with Gasteiger partial charge in [0.15, 0.2) is 0 Å². The second-order valence-electron chi connectivity index (χ2n) is 4.83. The Morgan fingerprint density at radius 2 is 1.00 bits per heavy atom. The van der Waals surface area contributed by atoms with Gasteiger partial charge in [-0.25, -0.2) is 0 Å². The zero-order valence-electron chi connectivity index (χ0n) is 11.3. The number of hydrogen-bond donors (Lipinski definition) is 4. The Kier molecular flexibility index (Phi) is 3.79. The average Bonchev–Trinajstić information content (AvgIpc) is 2.96. The van der Waals surface area contributed by atoms with Crippen molar-refractivity contribution in [2.75, 3.05) is 0 Å². The molecule has 10 nitrogen and oxygen atoms in total. The Morgan fingerprint density at radius 3 is 1.43 bits per heavy atom. The molecule has 2 heterocycles. The van der Waals surface area contributed by atoms with Crippen molar-refractivity contribution in [2.24, 2.45) is 0 Å². The molecule has 4 rings (SSSR count). The summed E-state index contributed by atoms with van der Waals surface area (Å²) in [6.07, 6.45) is 0. The van der Waals surface area contributed by atoms with E-state index in [0.717, 1.165) is 7.14 Å². The molecule has 0 fully saturated rings. The van der Waals surface area contributed by atoms with Crippen LogP contribution in [0.5, 0.6) is 0 Å². The summed E-state index contributed by atoms with van der Waals surface area (Å²) in [6.45, 7) is 0. The van der Waals surface area contributed by atoms with E-state index in [0.29, 0.717) is 0 Å². The van der Waals surface area contributed by atoms with Gasteiger partial charge in [-0.3, -0.25) is 0 Å². The Hall–Kier alpha value is -1.23. The van der Waals surface area contributed by atoms with E-state index in [1.54, 1.807) is 36.4 Å². The third-order valence-corrected chi connectivity index (χ3v) is 6.02. The van der Waals surface area contributed by atoms with Crippen LogP contribution in [0.2, 0.25) is 0 Å². The first-order valence-electron chi connectivity index (χ1n) is 6.49. The summed E-state index contributed by atoms with van der Waals surface area (Å²) in [5.41, 5.74) is 1.07. The fraction of sp³-hybridized carbons (Fsp3) is 0. The van der Waals surface area contributed by atoms with Crippen LogP contribution in [-0.4, -0.2) is 0 Å². The van der Waals surface area contributed by atoms with Gasteiger partial charge in [0.2, 0.25) is 0 Å². The van der Waals surface area contributed by atoms with Crippen molar-refractivity contribution in [1.29, 1.82) is 0 Å². The summed E-state index contributed by atoms with van der Waals surface area (Å²) in [7, 11) is 0. The zero-order chi connectivity index (χ0) is 16.1. The van der Waals surface area contributed by atoms with E-state index in [-0.39, 0.29) is 22.7 Å². The molecule has 0 amide bonds. The number of quaternary nitrogens is 4. The molecule has 2 aromatic carbocycles. The molecule has 122 valence electrons. The summed E-state index contributed by atoms with van der Waals surface area (Å²) >= 11 is -0.693. The molecule has 4 unspecified atom stereocenters. The van der Waals surface area contributed by atoms with Crippen molar-refractivity contribution in [3.63, 3.8) is 0 Å². The number of nitrogens with one attached hydrogen (secondary N) is 4. The average molecular weight is 433 g/mol. The van der Waals surface area contributed by atoms with Crippen LogP contribution >= 0.6 is 0 Å². The maximum atomic E-state index is 11.6. The van der Waals surface area contributed by atoms with Crippen molar-refractivity contribution >= 4 is 22.7 Å². The Morgan fingerprint density at radius 1 is 0.609 bits per heavy atom. The minimum absolute atomic E-state index is 0.267. The fourth-order valence-electron chi connectivity index (χ4n) is 2.36. The van der Waals surface area contributed by atoms with E-state index >= 15 is 0 Å². The van der Waals surface area contributed by atoms with Crippen LogP contribution in [0, 0.1) is 28.0 Å². The van der Waals surface area contributed by atoms with Gasteiger partial charge in [-0.15, -0.1) is 0 Å². The van der Waals surface area contributed by atoms with E-state index in [1.807, 2.05) is 0 Å². The number of benzene rings is 2. The number of halogens is 1. The summed E-state index contributed by atoms with van der Waals surface area (Å²) in [5, 5.41) is 43.5. The monoisotopic (exact) mass is 433 g/mol. The van der Waals surface area contributed by atoms with Crippen molar-refractivity contribution in [2.45, 2.75) is 0 Å². The molecule has 4 atom stereocenters. The summed E-state index contributed by atoms with van der Waals surface area (Å²) in [5.74, 6) is 0. The molecule has 0 aliphatic carbocycles. The molecule has 4 N–H and O–H groups in total. The molecule has 0 bridgehead atoms. The molecule has 0 saturated heterocycles. The van der Waals surface area contributed by atoms with Gasteiger partial charge in [-0.1, -0.05) is 0 Å². The summed E-state index contributed by atoms with van der Waals surface area (Å²) < 4.78 is 1.79. The van der Waals surface area contributed by atoms with Crippen molar-refractivity contribution in [3.8, 4) is 0 Å². The SMILES string of the molecule is [O-][NH+]1O[NH+]([O-])c2cc([I-]c3ccc4c(c3)[NH+]([O-])O[NH+]4[O-])ccc21. The van der Waals surface area contributed by atoms with Gasteiger partial charge < -0.3 is 0 Å². The number of rotatable bonds is 2. The molecule has 0 saturated carbocycles. The van der Waals surface area contributed by atoms with Gasteiger partial charge in [0.05, 0.1) is 0 Å².